The Morgan fingerprint density at radius 1 is 0.462 bits per heavy atom. The van der Waals surface area contributed by atoms with Crippen LogP contribution in [0.3, 0.4) is 0 Å². The van der Waals surface area contributed by atoms with E-state index in [9.17, 15) is 0 Å². The van der Waals surface area contributed by atoms with Gasteiger partial charge in [-0.1, -0.05) is 174 Å². The molecular formula is C51H65N. The first-order valence-electron chi connectivity index (χ1n) is 20.5. The van der Waals surface area contributed by atoms with Crippen molar-refractivity contribution in [3.63, 3.8) is 0 Å². The number of anilines is 3. The van der Waals surface area contributed by atoms with E-state index in [-0.39, 0.29) is 5.41 Å². The van der Waals surface area contributed by atoms with Crippen molar-refractivity contribution < 1.29 is 0 Å². The molecule has 0 radical (unpaired) electrons. The summed E-state index contributed by atoms with van der Waals surface area (Å²) < 4.78 is 0. The lowest BCUT2D eigenvalue weighted by molar-refractivity contribution is 0.400. The van der Waals surface area contributed by atoms with Crippen LogP contribution in [0.4, 0.5) is 17.1 Å². The van der Waals surface area contributed by atoms with E-state index in [1.54, 1.807) is 11.1 Å². The van der Waals surface area contributed by atoms with E-state index >= 15 is 0 Å². The van der Waals surface area contributed by atoms with Crippen LogP contribution < -0.4 is 4.90 Å². The Bertz CT molecular complexity index is 1720. The van der Waals surface area contributed by atoms with E-state index in [4.69, 9.17) is 0 Å². The van der Waals surface area contributed by atoms with Gasteiger partial charge in [0.2, 0.25) is 0 Å². The first-order valence-corrected chi connectivity index (χ1v) is 20.5. The van der Waals surface area contributed by atoms with Gasteiger partial charge in [0.05, 0.1) is 0 Å². The van der Waals surface area contributed by atoms with Gasteiger partial charge in [-0.05, 0) is 117 Å². The minimum absolute atomic E-state index is 0.240. The smallest absolute Gasteiger partial charge is 0.0461 e. The molecule has 0 bridgehead atoms. The van der Waals surface area contributed by atoms with Crippen LogP contribution in [0.1, 0.15) is 143 Å². The molecule has 0 heterocycles. The Kier molecular flexibility index (Phi) is 14.0. The number of aryl methyl sites for hydroxylation is 4. The third-order valence-electron chi connectivity index (χ3n) is 11.5. The van der Waals surface area contributed by atoms with E-state index in [0.717, 1.165) is 0 Å². The van der Waals surface area contributed by atoms with E-state index in [1.807, 2.05) is 0 Å². The van der Waals surface area contributed by atoms with Gasteiger partial charge in [0.1, 0.15) is 0 Å². The number of rotatable bonds is 15. The van der Waals surface area contributed by atoms with Gasteiger partial charge in [0.15, 0.2) is 0 Å². The highest BCUT2D eigenvalue weighted by atomic mass is 15.1. The molecule has 5 aromatic carbocycles. The highest BCUT2D eigenvalue weighted by Gasteiger charge is 2.42. The van der Waals surface area contributed by atoms with Crippen molar-refractivity contribution in [1.29, 1.82) is 0 Å². The third-order valence-corrected chi connectivity index (χ3v) is 11.5. The van der Waals surface area contributed by atoms with Gasteiger partial charge in [0, 0.05) is 22.5 Å². The molecular weight excluding hydrogens is 627 g/mol. The van der Waals surface area contributed by atoms with Crippen LogP contribution >= 0.6 is 0 Å². The SMILES string of the molecule is CCC(C)c1ccc(N(c2ccc(C)cc2)c2ccc(C)cc2)cc1.CCCCCCC1(CCCCCC)c2cc(C)ccc2-c2ccc(C)cc21. The summed E-state index contributed by atoms with van der Waals surface area (Å²) in [5, 5.41) is 0. The van der Waals surface area contributed by atoms with Crippen LogP contribution in [0.15, 0.2) is 109 Å². The molecule has 1 heteroatoms. The number of hydrogen-bond acceptors (Lipinski definition) is 1. The van der Waals surface area contributed by atoms with Crippen molar-refractivity contribution in [2.75, 3.05) is 4.90 Å². The molecule has 1 unspecified atom stereocenters. The minimum Gasteiger partial charge on any atom is -0.311 e. The van der Waals surface area contributed by atoms with Crippen molar-refractivity contribution in [1.82, 2.24) is 0 Å². The molecule has 274 valence electrons. The van der Waals surface area contributed by atoms with Crippen LogP contribution in [0.2, 0.25) is 0 Å². The maximum atomic E-state index is 2.50. The summed E-state index contributed by atoms with van der Waals surface area (Å²) in [4.78, 5) is 2.32. The van der Waals surface area contributed by atoms with Crippen molar-refractivity contribution in [3.8, 4) is 11.1 Å². The first-order chi connectivity index (χ1) is 25.2. The Balaban J connectivity index is 0.000000202. The maximum absolute atomic E-state index is 2.50. The van der Waals surface area contributed by atoms with Crippen LogP contribution in [0, 0.1) is 27.7 Å². The summed E-state index contributed by atoms with van der Waals surface area (Å²) in [7, 11) is 0. The summed E-state index contributed by atoms with van der Waals surface area (Å²) in [5.74, 6) is 0.598. The standard InChI is InChI=1S/C27H38.C24H27N/c1-5-7-9-11-17-27(18-12-10-8-6-2)25-19-21(3)13-15-23(25)24-16-14-22(4)20-26(24)27;1-5-20(4)21-10-16-24(17-11-21)25(22-12-6-18(2)7-13-22)23-14-8-19(3)9-15-23/h13-16,19-20H,5-12,17-18H2,1-4H3;6-17,20H,5H2,1-4H3. The molecule has 0 aliphatic heterocycles. The van der Waals surface area contributed by atoms with Gasteiger partial charge in [-0.15, -0.1) is 0 Å². The lowest BCUT2D eigenvalue weighted by Crippen LogP contribution is -2.25. The zero-order valence-electron chi connectivity index (χ0n) is 33.7. The second kappa shape index (κ2) is 18.6. The molecule has 0 N–H and O–H groups in total. The van der Waals surface area contributed by atoms with Gasteiger partial charge in [-0.2, -0.15) is 0 Å². The molecule has 0 amide bonds. The van der Waals surface area contributed by atoms with Crippen molar-refractivity contribution in [3.05, 3.63) is 148 Å². The second-order valence-corrected chi connectivity index (χ2v) is 15.7. The monoisotopic (exact) mass is 692 g/mol. The highest BCUT2D eigenvalue weighted by Crippen LogP contribution is 2.54. The van der Waals surface area contributed by atoms with Gasteiger partial charge in [0.25, 0.3) is 0 Å². The zero-order valence-corrected chi connectivity index (χ0v) is 33.7. The molecule has 5 aromatic rings. The summed E-state index contributed by atoms with van der Waals surface area (Å²) in [6.07, 6.45) is 14.6. The summed E-state index contributed by atoms with van der Waals surface area (Å²) in [6.45, 7) is 17.9. The van der Waals surface area contributed by atoms with Gasteiger partial charge >= 0.3 is 0 Å². The molecule has 1 aliphatic rings. The molecule has 0 saturated heterocycles. The molecule has 0 spiro atoms. The van der Waals surface area contributed by atoms with Gasteiger partial charge in [-0.25, -0.2) is 0 Å². The Morgan fingerprint density at radius 2 is 0.846 bits per heavy atom. The van der Waals surface area contributed by atoms with E-state index < -0.39 is 0 Å². The second-order valence-electron chi connectivity index (χ2n) is 15.7. The number of unbranched alkanes of at least 4 members (excludes halogenated alkanes) is 6. The fraction of sp³-hybridized carbons (Fsp3) is 0.412. The molecule has 1 atom stereocenters. The molecule has 6 rings (SSSR count). The highest BCUT2D eigenvalue weighted by molar-refractivity contribution is 5.82. The van der Waals surface area contributed by atoms with E-state index in [2.05, 4.69) is 169 Å². The number of benzene rings is 5. The molecule has 0 saturated carbocycles. The summed E-state index contributed by atoms with van der Waals surface area (Å²) in [6, 6.07) is 40.8. The first kappa shape index (κ1) is 39.1. The number of hydrogen-bond donors (Lipinski definition) is 0. The third kappa shape index (κ3) is 9.27. The molecule has 1 nitrogen and oxygen atoms in total. The molecule has 0 fully saturated rings. The summed E-state index contributed by atoms with van der Waals surface area (Å²) >= 11 is 0. The van der Waals surface area contributed by atoms with Crippen LogP contribution in [-0.4, -0.2) is 0 Å². The minimum atomic E-state index is 0.240. The number of fused-ring (bicyclic) bond motifs is 3. The quantitative estimate of drug-likeness (QED) is 0.0988. The topological polar surface area (TPSA) is 3.24 Å². The fourth-order valence-corrected chi connectivity index (χ4v) is 8.12. The van der Waals surface area contributed by atoms with Crippen LogP contribution in [0.25, 0.3) is 11.1 Å². The van der Waals surface area contributed by atoms with Crippen molar-refractivity contribution >= 4 is 17.1 Å². The lowest BCUT2D eigenvalue weighted by atomic mass is 9.70. The Labute approximate surface area is 317 Å². The predicted molar refractivity (Wildman–Crippen MR) is 229 cm³/mol. The fourth-order valence-electron chi connectivity index (χ4n) is 8.12. The Hall–Kier alpha value is -4.10. The van der Waals surface area contributed by atoms with Crippen molar-refractivity contribution in [2.45, 2.75) is 137 Å². The van der Waals surface area contributed by atoms with Crippen molar-refractivity contribution in [2.24, 2.45) is 0 Å². The number of nitrogens with zero attached hydrogens (tertiary/aromatic N) is 1. The normalized spacial score (nSPS) is 13.2. The molecule has 1 aliphatic carbocycles. The molecule has 52 heavy (non-hydrogen) atoms. The van der Waals surface area contributed by atoms with E-state index in [1.165, 1.54) is 127 Å². The van der Waals surface area contributed by atoms with Gasteiger partial charge in [-0.3, -0.25) is 0 Å². The average molecular weight is 692 g/mol. The maximum Gasteiger partial charge on any atom is 0.0461 e. The van der Waals surface area contributed by atoms with Crippen LogP contribution in [0.5, 0.6) is 0 Å². The lowest BCUT2D eigenvalue weighted by Gasteiger charge is -2.33. The van der Waals surface area contributed by atoms with Crippen LogP contribution in [-0.2, 0) is 5.41 Å². The van der Waals surface area contributed by atoms with E-state index in [0.29, 0.717) is 5.92 Å². The zero-order chi connectivity index (χ0) is 37.1. The predicted octanol–water partition coefficient (Wildman–Crippen LogP) is 15.8. The molecule has 0 aromatic heterocycles. The average Bonchev–Trinajstić information content (AvgIpc) is 3.41. The Morgan fingerprint density at radius 3 is 1.23 bits per heavy atom. The summed E-state index contributed by atoms with van der Waals surface area (Å²) in [5.41, 5.74) is 16.8. The largest absolute Gasteiger partial charge is 0.311 e. The van der Waals surface area contributed by atoms with Gasteiger partial charge < -0.3 is 4.90 Å².